The van der Waals surface area contributed by atoms with Gasteiger partial charge >= 0.3 is 0 Å². The zero-order chi connectivity index (χ0) is 24.9. The molecular formula is C27H36N4O3. The fraction of sp³-hybridized carbons (Fsp3) is 0.444. The lowest BCUT2D eigenvalue weighted by atomic mass is 9.98. The molecule has 1 aliphatic heterocycles. The molecule has 0 radical (unpaired) electrons. The standard InChI is InChI=1S/C27H36N4O3/c1-7-13-34-24-20(9-8-10-22(24)18(2)3)17-31(6)23(32)12-11-19-14-21-16-29-27(4,5)26(33)30-25(21)28-15-19/h8-12,14-15,18,29H,7,13,16-17H2,1-6H3,(H,28,30,33)/b12-11+. The first kappa shape index (κ1) is 25.4. The Labute approximate surface area is 202 Å². The van der Waals surface area contributed by atoms with E-state index in [2.05, 4.69) is 42.5 Å². The van der Waals surface area contributed by atoms with Crippen molar-refractivity contribution in [3.05, 3.63) is 58.8 Å². The highest BCUT2D eigenvalue weighted by atomic mass is 16.5. The molecule has 2 N–H and O–H groups in total. The smallest absolute Gasteiger partial charge is 0.246 e. The molecule has 2 amide bonds. The molecule has 0 aliphatic carbocycles. The zero-order valence-corrected chi connectivity index (χ0v) is 21.1. The molecule has 7 nitrogen and oxygen atoms in total. The molecule has 1 aromatic carbocycles. The second-order valence-corrected chi connectivity index (χ2v) is 9.58. The number of nitrogens with one attached hydrogen (secondary N) is 2. The van der Waals surface area contributed by atoms with Gasteiger partial charge in [0.15, 0.2) is 0 Å². The van der Waals surface area contributed by atoms with Crippen LogP contribution in [0.15, 0.2) is 36.5 Å². The van der Waals surface area contributed by atoms with Crippen molar-refractivity contribution in [3.63, 3.8) is 0 Å². The van der Waals surface area contributed by atoms with Crippen molar-refractivity contribution >= 4 is 23.7 Å². The summed E-state index contributed by atoms with van der Waals surface area (Å²) in [5.41, 5.74) is 3.15. The summed E-state index contributed by atoms with van der Waals surface area (Å²) in [7, 11) is 1.79. The molecule has 0 saturated carbocycles. The second-order valence-electron chi connectivity index (χ2n) is 9.58. The van der Waals surface area contributed by atoms with Gasteiger partial charge in [0.25, 0.3) is 0 Å². The predicted molar refractivity (Wildman–Crippen MR) is 136 cm³/mol. The van der Waals surface area contributed by atoms with E-state index in [0.717, 1.165) is 34.4 Å². The number of rotatable bonds is 8. The number of fused-ring (bicyclic) bond motifs is 1. The maximum absolute atomic E-state index is 12.8. The third-order valence-electron chi connectivity index (χ3n) is 5.91. The van der Waals surface area contributed by atoms with Gasteiger partial charge < -0.3 is 15.0 Å². The van der Waals surface area contributed by atoms with Gasteiger partial charge in [-0.1, -0.05) is 39.0 Å². The Morgan fingerprint density at radius 2 is 2.09 bits per heavy atom. The first-order valence-corrected chi connectivity index (χ1v) is 11.9. The first-order chi connectivity index (χ1) is 16.1. The topological polar surface area (TPSA) is 83.6 Å². The summed E-state index contributed by atoms with van der Waals surface area (Å²) in [4.78, 5) is 31.2. The van der Waals surface area contributed by atoms with E-state index in [9.17, 15) is 9.59 Å². The number of carbonyl (C=O) groups is 2. The molecule has 0 fully saturated rings. The Morgan fingerprint density at radius 1 is 1.32 bits per heavy atom. The third kappa shape index (κ3) is 6.03. The number of nitrogens with zero attached hydrogens (tertiary/aromatic N) is 2. The van der Waals surface area contributed by atoms with Gasteiger partial charge in [0.05, 0.1) is 12.1 Å². The van der Waals surface area contributed by atoms with E-state index in [1.54, 1.807) is 30.3 Å². The molecule has 0 atom stereocenters. The molecule has 34 heavy (non-hydrogen) atoms. The lowest BCUT2D eigenvalue weighted by molar-refractivity contribution is -0.125. The summed E-state index contributed by atoms with van der Waals surface area (Å²) in [6, 6.07) is 8.06. The van der Waals surface area contributed by atoms with Crippen molar-refractivity contribution in [1.29, 1.82) is 0 Å². The van der Waals surface area contributed by atoms with Crippen LogP contribution in [0.4, 0.5) is 5.82 Å². The first-order valence-electron chi connectivity index (χ1n) is 11.9. The minimum Gasteiger partial charge on any atom is -0.493 e. The van der Waals surface area contributed by atoms with Crippen LogP contribution >= 0.6 is 0 Å². The summed E-state index contributed by atoms with van der Waals surface area (Å²) in [5, 5.41) is 6.09. The maximum atomic E-state index is 12.8. The van der Waals surface area contributed by atoms with Gasteiger partial charge in [-0.2, -0.15) is 0 Å². The molecule has 2 aromatic rings. The summed E-state index contributed by atoms with van der Waals surface area (Å²) in [6.45, 7) is 11.6. The van der Waals surface area contributed by atoms with Crippen molar-refractivity contribution < 1.29 is 14.3 Å². The van der Waals surface area contributed by atoms with E-state index >= 15 is 0 Å². The lowest BCUT2D eigenvalue weighted by Crippen LogP contribution is -2.47. The average molecular weight is 465 g/mol. The number of pyridine rings is 1. The van der Waals surface area contributed by atoms with E-state index < -0.39 is 5.54 Å². The highest BCUT2D eigenvalue weighted by Crippen LogP contribution is 2.31. The van der Waals surface area contributed by atoms with E-state index in [4.69, 9.17) is 4.74 Å². The number of amides is 2. The average Bonchev–Trinajstić information content (AvgIpc) is 2.91. The minimum absolute atomic E-state index is 0.112. The number of hydrogen-bond donors (Lipinski definition) is 2. The van der Waals surface area contributed by atoms with Crippen LogP contribution in [0.2, 0.25) is 0 Å². The largest absolute Gasteiger partial charge is 0.493 e. The Morgan fingerprint density at radius 3 is 2.79 bits per heavy atom. The van der Waals surface area contributed by atoms with E-state index in [0.29, 0.717) is 31.4 Å². The number of carbonyl (C=O) groups excluding carboxylic acids is 2. The van der Waals surface area contributed by atoms with Gasteiger partial charge in [0.2, 0.25) is 11.8 Å². The Balaban J connectivity index is 1.72. The zero-order valence-electron chi connectivity index (χ0n) is 21.1. The van der Waals surface area contributed by atoms with Crippen molar-refractivity contribution in [2.24, 2.45) is 0 Å². The quantitative estimate of drug-likeness (QED) is 0.563. The molecule has 0 bridgehead atoms. The number of ether oxygens (including phenoxy) is 1. The molecule has 182 valence electrons. The van der Waals surface area contributed by atoms with Crippen molar-refractivity contribution in [1.82, 2.24) is 15.2 Å². The van der Waals surface area contributed by atoms with Gasteiger partial charge in [0.1, 0.15) is 11.6 Å². The summed E-state index contributed by atoms with van der Waals surface area (Å²) in [5.74, 6) is 1.53. The minimum atomic E-state index is -0.679. The number of hydrogen-bond acceptors (Lipinski definition) is 5. The van der Waals surface area contributed by atoms with E-state index in [-0.39, 0.29) is 11.8 Å². The highest BCUT2D eigenvalue weighted by molar-refractivity contribution is 5.98. The van der Waals surface area contributed by atoms with E-state index in [1.165, 1.54) is 0 Å². The molecule has 1 aromatic heterocycles. The van der Waals surface area contributed by atoms with Crippen LogP contribution in [0.5, 0.6) is 5.75 Å². The van der Waals surface area contributed by atoms with Gasteiger partial charge in [-0.05, 0) is 49.5 Å². The number of para-hydroxylation sites is 1. The Kier molecular flexibility index (Phi) is 8.10. The van der Waals surface area contributed by atoms with E-state index in [1.807, 2.05) is 32.0 Å². The molecule has 2 heterocycles. The molecular weight excluding hydrogens is 428 g/mol. The van der Waals surface area contributed by atoms with Crippen LogP contribution in [0.3, 0.4) is 0 Å². The molecule has 1 aliphatic rings. The number of benzene rings is 1. The fourth-order valence-electron chi connectivity index (χ4n) is 3.72. The highest BCUT2D eigenvalue weighted by Gasteiger charge is 2.30. The second kappa shape index (κ2) is 10.8. The molecule has 0 unspecified atom stereocenters. The van der Waals surface area contributed by atoms with Crippen molar-refractivity contribution in [2.75, 3.05) is 19.0 Å². The summed E-state index contributed by atoms with van der Waals surface area (Å²) in [6.07, 6.45) is 5.89. The summed E-state index contributed by atoms with van der Waals surface area (Å²) < 4.78 is 6.07. The van der Waals surface area contributed by atoms with Crippen LogP contribution in [-0.4, -0.2) is 40.9 Å². The van der Waals surface area contributed by atoms with Crippen molar-refractivity contribution in [3.8, 4) is 5.75 Å². The summed E-state index contributed by atoms with van der Waals surface area (Å²) >= 11 is 0. The molecule has 7 heteroatoms. The SMILES string of the molecule is CCCOc1c(CN(C)C(=O)/C=C/c2cnc3c(c2)CNC(C)(C)C(=O)N3)cccc1C(C)C. The lowest BCUT2D eigenvalue weighted by Gasteiger charge is -2.21. The van der Waals surface area contributed by atoms with Gasteiger partial charge in [-0.25, -0.2) is 4.98 Å². The Bertz CT molecular complexity index is 1080. The monoisotopic (exact) mass is 464 g/mol. The molecule has 0 saturated heterocycles. The maximum Gasteiger partial charge on any atom is 0.246 e. The van der Waals surface area contributed by atoms with Gasteiger partial charge in [-0.15, -0.1) is 0 Å². The number of aromatic nitrogens is 1. The Hall–Kier alpha value is -3.19. The fourth-order valence-corrected chi connectivity index (χ4v) is 3.72. The van der Waals surface area contributed by atoms with Crippen LogP contribution in [0.25, 0.3) is 6.08 Å². The predicted octanol–water partition coefficient (Wildman–Crippen LogP) is 4.49. The van der Waals surface area contributed by atoms with Crippen LogP contribution in [-0.2, 0) is 22.7 Å². The van der Waals surface area contributed by atoms with Gasteiger partial charge in [0, 0.05) is 43.5 Å². The number of anilines is 1. The van der Waals surface area contributed by atoms with Crippen LogP contribution < -0.4 is 15.4 Å². The number of likely N-dealkylation sites (N-methyl/N-ethyl adjacent to an activating group) is 1. The molecule has 0 spiro atoms. The van der Waals surface area contributed by atoms with Crippen LogP contribution in [0, 0.1) is 0 Å². The normalized spacial score (nSPS) is 15.1. The van der Waals surface area contributed by atoms with Crippen LogP contribution in [0.1, 0.15) is 69.2 Å². The molecule has 3 rings (SSSR count). The van der Waals surface area contributed by atoms with Gasteiger partial charge in [-0.3, -0.25) is 14.9 Å². The van der Waals surface area contributed by atoms with Crippen molar-refractivity contribution in [2.45, 2.75) is 65.6 Å². The third-order valence-corrected chi connectivity index (χ3v) is 5.91.